The van der Waals surface area contributed by atoms with Gasteiger partial charge in [-0.25, -0.2) is 9.67 Å². The molecule has 8 heteroatoms. The van der Waals surface area contributed by atoms with Crippen LogP contribution in [0.1, 0.15) is 30.4 Å². The van der Waals surface area contributed by atoms with E-state index in [2.05, 4.69) is 32.8 Å². The third-order valence-corrected chi connectivity index (χ3v) is 4.33. The lowest BCUT2D eigenvalue weighted by atomic mass is 9.94. The minimum Gasteiger partial charge on any atom is -0.352 e. The predicted octanol–water partition coefficient (Wildman–Crippen LogP) is 2.18. The summed E-state index contributed by atoms with van der Waals surface area (Å²) in [7, 11) is 0. The summed E-state index contributed by atoms with van der Waals surface area (Å²) in [6.45, 7) is 3.28. The van der Waals surface area contributed by atoms with Crippen molar-refractivity contribution in [3.8, 4) is 0 Å². The first-order valence-corrected chi connectivity index (χ1v) is 8.18. The van der Waals surface area contributed by atoms with E-state index in [0.29, 0.717) is 25.4 Å². The topological polar surface area (TPSA) is 71.8 Å². The Kier molecular flexibility index (Phi) is 9.49. The fraction of sp³-hybridized carbons (Fsp3) is 0.471. The van der Waals surface area contributed by atoms with Gasteiger partial charge in [-0.3, -0.25) is 4.79 Å². The van der Waals surface area contributed by atoms with Gasteiger partial charge in [0.2, 0.25) is 5.91 Å². The molecule has 1 aliphatic rings. The average molecular weight is 386 g/mol. The number of piperidine rings is 1. The Labute approximate surface area is 160 Å². The van der Waals surface area contributed by atoms with Gasteiger partial charge in [-0.1, -0.05) is 24.3 Å². The zero-order valence-corrected chi connectivity index (χ0v) is 15.7. The fourth-order valence-corrected chi connectivity index (χ4v) is 2.99. The maximum absolute atomic E-state index is 12.2. The highest BCUT2D eigenvalue weighted by Gasteiger charge is 2.16. The third kappa shape index (κ3) is 6.65. The van der Waals surface area contributed by atoms with Crippen LogP contribution >= 0.6 is 24.8 Å². The second-order valence-electron chi connectivity index (χ2n) is 6.04. The zero-order valence-electron chi connectivity index (χ0n) is 14.1. The molecule has 1 aromatic heterocycles. The number of carbonyl (C=O) groups excluding carboxylic acids is 1. The van der Waals surface area contributed by atoms with Gasteiger partial charge in [0.05, 0.1) is 6.54 Å². The summed E-state index contributed by atoms with van der Waals surface area (Å²) in [5.41, 5.74) is 2.28. The van der Waals surface area contributed by atoms with Crippen LogP contribution in [-0.2, 0) is 17.9 Å². The van der Waals surface area contributed by atoms with Crippen molar-refractivity contribution in [2.45, 2.75) is 32.4 Å². The minimum absolute atomic E-state index is 0. The lowest BCUT2D eigenvalue weighted by Gasteiger charge is -2.22. The molecular weight excluding hydrogens is 361 g/mol. The van der Waals surface area contributed by atoms with Gasteiger partial charge >= 0.3 is 0 Å². The summed E-state index contributed by atoms with van der Waals surface area (Å²) in [5.74, 6) is 0.661. The molecule has 1 aliphatic heterocycles. The third-order valence-electron chi connectivity index (χ3n) is 4.33. The van der Waals surface area contributed by atoms with E-state index in [1.807, 2.05) is 12.1 Å². The molecule has 138 valence electrons. The van der Waals surface area contributed by atoms with E-state index < -0.39 is 0 Å². The number of hydrogen-bond donors (Lipinski definition) is 2. The Bertz CT molecular complexity index is 630. The first kappa shape index (κ1) is 21.4. The highest BCUT2D eigenvalue weighted by Crippen LogP contribution is 2.16. The second kappa shape index (κ2) is 11.1. The number of aromatic nitrogens is 3. The van der Waals surface area contributed by atoms with Crippen molar-refractivity contribution in [2.75, 3.05) is 13.1 Å². The molecule has 6 nitrogen and oxygen atoms in total. The molecule has 1 saturated heterocycles. The molecule has 1 aromatic carbocycles. The van der Waals surface area contributed by atoms with E-state index in [0.717, 1.165) is 37.1 Å². The van der Waals surface area contributed by atoms with Crippen LogP contribution in [-0.4, -0.2) is 33.8 Å². The van der Waals surface area contributed by atoms with Gasteiger partial charge in [-0.2, -0.15) is 5.10 Å². The second-order valence-corrected chi connectivity index (χ2v) is 6.04. The molecule has 1 amide bonds. The quantitative estimate of drug-likeness (QED) is 0.798. The Morgan fingerprint density at radius 2 is 1.92 bits per heavy atom. The normalized spacial score (nSPS) is 14.2. The molecule has 2 heterocycles. The number of rotatable bonds is 6. The molecule has 0 spiro atoms. The maximum atomic E-state index is 12.2. The fourth-order valence-electron chi connectivity index (χ4n) is 2.99. The van der Waals surface area contributed by atoms with Crippen LogP contribution in [0.4, 0.5) is 0 Å². The van der Waals surface area contributed by atoms with E-state index in [1.54, 1.807) is 11.0 Å². The van der Waals surface area contributed by atoms with Crippen LogP contribution in [0.25, 0.3) is 0 Å². The minimum atomic E-state index is 0. The van der Waals surface area contributed by atoms with Gasteiger partial charge in [-0.15, -0.1) is 24.8 Å². The van der Waals surface area contributed by atoms with Crippen molar-refractivity contribution in [3.05, 3.63) is 48.0 Å². The average Bonchev–Trinajstić information content (AvgIpc) is 3.08. The van der Waals surface area contributed by atoms with Gasteiger partial charge in [-0.05, 0) is 43.0 Å². The molecule has 0 saturated carbocycles. The Hall–Kier alpha value is -1.63. The van der Waals surface area contributed by atoms with Crippen molar-refractivity contribution in [1.82, 2.24) is 25.4 Å². The number of amides is 1. The number of hydrogen-bond acceptors (Lipinski definition) is 4. The summed E-state index contributed by atoms with van der Waals surface area (Å²) in [5, 5.41) is 10.5. The first-order valence-electron chi connectivity index (χ1n) is 8.18. The van der Waals surface area contributed by atoms with Crippen LogP contribution in [0.15, 0.2) is 36.9 Å². The lowest BCUT2D eigenvalue weighted by Crippen LogP contribution is -2.32. The van der Waals surface area contributed by atoms with E-state index in [9.17, 15) is 4.79 Å². The molecule has 3 rings (SSSR count). The van der Waals surface area contributed by atoms with Crippen molar-refractivity contribution in [3.63, 3.8) is 0 Å². The SMILES string of the molecule is Cl.Cl.O=C(CC1CCNCC1)NCc1ccccc1Cn1cncn1. The Balaban J connectivity index is 0.00000156. The van der Waals surface area contributed by atoms with Crippen molar-refractivity contribution in [2.24, 2.45) is 5.92 Å². The van der Waals surface area contributed by atoms with Gasteiger partial charge in [0.1, 0.15) is 12.7 Å². The van der Waals surface area contributed by atoms with Gasteiger partial charge in [0.15, 0.2) is 0 Å². The molecule has 0 atom stereocenters. The van der Waals surface area contributed by atoms with Crippen molar-refractivity contribution in [1.29, 1.82) is 0 Å². The standard InChI is InChI=1S/C17H23N5O.2ClH/c23-17(9-14-5-7-18-8-6-14)20-10-15-3-1-2-4-16(15)11-22-13-19-12-21-22;;/h1-4,12-14,18H,5-11H2,(H,20,23);2*1H. The number of halogens is 2. The highest BCUT2D eigenvalue weighted by molar-refractivity contribution is 5.85. The summed E-state index contributed by atoms with van der Waals surface area (Å²) < 4.78 is 1.79. The zero-order chi connectivity index (χ0) is 15.9. The number of benzene rings is 1. The van der Waals surface area contributed by atoms with Crippen LogP contribution in [0, 0.1) is 5.92 Å². The van der Waals surface area contributed by atoms with E-state index in [-0.39, 0.29) is 30.7 Å². The van der Waals surface area contributed by atoms with Crippen LogP contribution < -0.4 is 10.6 Å². The number of nitrogens with zero attached hydrogens (tertiary/aromatic N) is 3. The van der Waals surface area contributed by atoms with E-state index >= 15 is 0 Å². The summed E-state index contributed by atoms with van der Waals surface area (Å²) >= 11 is 0. The van der Waals surface area contributed by atoms with Gasteiger partial charge in [0, 0.05) is 13.0 Å². The van der Waals surface area contributed by atoms with E-state index in [1.165, 1.54) is 6.33 Å². The van der Waals surface area contributed by atoms with Crippen LogP contribution in [0.3, 0.4) is 0 Å². The molecule has 0 unspecified atom stereocenters. The highest BCUT2D eigenvalue weighted by atomic mass is 35.5. The molecule has 1 fully saturated rings. The van der Waals surface area contributed by atoms with Crippen LogP contribution in [0.5, 0.6) is 0 Å². The molecule has 2 aromatic rings. The van der Waals surface area contributed by atoms with Gasteiger partial charge in [0.25, 0.3) is 0 Å². The predicted molar refractivity (Wildman–Crippen MR) is 102 cm³/mol. The van der Waals surface area contributed by atoms with Crippen molar-refractivity contribution < 1.29 is 4.79 Å². The maximum Gasteiger partial charge on any atom is 0.220 e. The summed E-state index contributed by atoms with van der Waals surface area (Å²) in [4.78, 5) is 16.1. The summed E-state index contributed by atoms with van der Waals surface area (Å²) in [6, 6.07) is 8.12. The largest absolute Gasteiger partial charge is 0.352 e. The van der Waals surface area contributed by atoms with Gasteiger partial charge < -0.3 is 10.6 Å². The summed E-state index contributed by atoms with van der Waals surface area (Å²) in [6.07, 6.45) is 6.05. The Morgan fingerprint density at radius 1 is 1.20 bits per heavy atom. The number of nitrogens with one attached hydrogen (secondary N) is 2. The van der Waals surface area contributed by atoms with Crippen molar-refractivity contribution >= 4 is 30.7 Å². The van der Waals surface area contributed by atoms with Crippen LogP contribution in [0.2, 0.25) is 0 Å². The molecule has 0 aliphatic carbocycles. The molecule has 25 heavy (non-hydrogen) atoms. The molecule has 2 N–H and O–H groups in total. The number of carbonyl (C=O) groups is 1. The Morgan fingerprint density at radius 3 is 2.60 bits per heavy atom. The molecule has 0 radical (unpaired) electrons. The monoisotopic (exact) mass is 385 g/mol. The smallest absolute Gasteiger partial charge is 0.220 e. The van der Waals surface area contributed by atoms with E-state index in [4.69, 9.17) is 0 Å². The molecule has 0 bridgehead atoms. The lowest BCUT2D eigenvalue weighted by molar-refractivity contribution is -0.122. The molecular formula is C17H25Cl2N5O. The first-order chi connectivity index (χ1) is 11.3.